The van der Waals surface area contributed by atoms with E-state index >= 15 is 0 Å². The van der Waals surface area contributed by atoms with E-state index in [-0.39, 0.29) is 16.2 Å². The van der Waals surface area contributed by atoms with Crippen LogP contribution < -0.4 is 0 Å². The van der Waals surface area contributed by atoms with Gasteiger partial charge in [-0.1, -0.05) is 11.6 Å². The maximum Gasteiger partial charge on any atom is 0.386 e. The van der Waals surface area contributed by atoms with E-state index in [1.54, 1.807) is 0 Å². The fourth-order valence-corrected chi connectivity index (χ4v) is 0.722. The second kappa shape index (κ2) is 3.86. The zero-order valence-corrected chi connectivity index (χ0v) is 6.09. The molecule has 58 valence electrons. The Bertz CT molecular complexity index is 297. The smallest absolute Gasteiger partial charge is 0.386 e. The lowest BCUT2D eigenvalue weighted by Crippen LogP contribution is -1.72. The molecule has 0 radical (unpaired) electrons. The van der Waals surface area contributed by atoms with Crippen molar-refractivity contribution in [3.63, 3.8) is 0 Å². The molecule has 0 aliphatic heterocycles. The van der Waals surface area contributed by atoms with E-state index in [9.17, 15) is 4.39 Å². The van der Waals surface area contributed by atoms with Gasteiger partial charge in [0.15, 0.2) is 4.98 Å². The van der Waals surface area contributed by atoms with E-state index in [1.165, 1.54) is 12.1 Å². The van der Waals surface area contributed by atoms with Crippen molar-refractivity contribution in [2.24, 2.45) is 0 Å². The average molecular weight is 175 g/mol. The third-order valence-corrected chi connectivity index (χ3v) is 1.31. The number of rotatable bonds is 0. The number of nitrogens with zero attached hydrogens (tertiary/aromatic N) is 2. The maximum absolute atomic E-state index is 12.4. The first kappa shape index (κ1) is 9.82. The SMILES string of the molecule is N#[N+]c1ccc(F)c(Cl)c1.[OH-]. The molecule has 0 bridgehead atoms. The van der Waals surface area contributed by atoms with Crippen molar-refractivity contribution in [1.82, 2.24) is 0 Å². The van der Waals surface area contributed by atoms with Crippen molar-refractivity contribution < 1.29 is 9.87 Å². The Balaban J connectivity index is 0.000001000. The summed E-state index contributed by atoms with van der Waals surface area (Å²) in [6.45, 7) is 0. The highest BCUT2D eigenvalue weighted by molar-refractivity contribution is 6.31. The molecule has 0 unspecified atom stereocenters. The third kappa shape index (κ3) is 2.15. The lowest BCUT2D eigenvalue weighted by molar-refractivity contribution is 0.628. The summed E-state index contributed by atoms with van der Waals surface area (Å²) in [5, 5.41) is 8.15. The Labute approximate surface area is 67.3 Å². The third-order valence-electron chi connectivity index (χ3n) is 1.02. The first-order chi connectivity index (χ1) is 4.74. The first-order valence-electron chi connectivity index (χ1n) is 2.54. The molecule has 0 spiro atoms. The van der Waals surface area contributed by atoms with Crippen LogP contribution in [0.15, 0.2) is 18.2 Å². The van der Waals surface area contributed by atoms with Gasteiger partial charge in [0.05, 0.1) is 11.1 Å². The highest BCUT2D eigenvalue weighted by Crippen LogP contribution is 2.20. The summed E-state index contributed by atoms with van der Waals surface area (Å²) in [7, 11) is 0. The number of diazo groups is 1. The molecular formula is C6H4ClFN2O. The quantitative estimate of drug-likeness (QED) is 0.568. The van der Waals surface area contributed by atoms with Crippen molar-refractivity contribution in [2.75, 3.05) is 0 Å². The molecule has 11 heavy (non-hydrogen) atoms. The summed E-state index contributed by atoms with van der Waals surface area (Å²) >= 11 is 5.35. The van der Waals surface area contributed by atoms with E-state index in [4.69, 9.17) is 17.0 Å². The Hall–Kier alpha value is -1.18. The molecule has 5 heteroatoms. The molecule has 0 aliphatic carbocycles. The first-order valence-corrected chi connectivity index (χ1v) is 2.92. The molecule has 0 fully saturated rings. The molecule has 0 atom stereocenters. The van der Waals surface area contributed by atoms with Gasteiger partial charge in [-0.25, -0.2) is 4.39 Å². The Morgan fingerprint density at radius 1 is 1.45 bits per heavy atom. The van der Waals surface area contributed by atoms with E-state index in [0.717, 1.165) is 6.07 Å². The van der Waals surface area contributed by atoms with Crippen LogP contribution in [0.5, 0.6) is 0 Å². The van der Waals surface area contributed by atoms with Crippen LogP contribution in [0, 0.1) is 11.2 Å². The molecule has 3 nitrogen and oxygen atoms in total. The lowest BCUT2D eigenvalue weighted by Gasteiger charge is -1.85. The van der Waals surface area contributed by atoms with Crippen molar-refractivity contribution in [3.05, 3.63) is 34.0 Å². The van der Waals surface area contributed by atoms with Gasteiger partial charge in [-0.2, -0.15) is 0 Å². The van der Waals surface area contributed by atoms with Crippen LogP contribution in [0.1, 0.15) is 0 Å². The minimum absolute atomic E-state index is 0. The number of halogens is 2. The van der Waals surface area contributed by atoms with E-state index in [0.29, 0.717) is 0 Å². The van der Waals surface area contributed by atoms with Gasteiger partial charge in [0.1, 0.15) is 5.82 Å². The minimum atomic E-state index is -0.519. The Morgan fingerprint density at radius 2 is 2.09 bits per heavy atom. The zero-order chi connectivity index (χ0) is 7.56. The molecule has 0 heterocycles. The zero-order valence-electron chi connectivity index (χ0n) is 5.33. The van der Waals surface area contributed by atoms with Crippen molar-refractivity contribution in [3.8, 4) is 0 Å². The van der Waals surface area contributed by atoms with Gasteiger partial charge in [0.2, 0.25) is 5.39 Å². The van der Waals surface area contributed by atoms with Crippen LogP contribution in [0.2, 0.25) is 5.02 Å². The molecule has 0 saturated heterocycles. The molecule has 1 aromatic rings. The van der Waals surface area contributed by atoms with Crippen LogP contribution in [0.3, 0.4) is 0 Å². The number of benzene rings is 1. The number of hydrogen-bond donors (Lipinski definition) is 0. The summed E-state index contributed by atoms with van der Waals surface area (Å²) in [4.78, 5) is 2.82. The van der Waals surface area contributed by atoms with Crippen molar-refractivity contribution in [1.29, 1.82) is 5.39 Å². The molecular weight excluding hydrogens is 171 g/mol. The second-order valence-electron chi connectivity index (χ2n) is 1.70. The lowest BCUT2D eigenvalue weighted by atomic mass is 10.3. The fourth-order valence-electron chi connectivity index (χ4n) is 0.547. The monoisotopic (exact) mass is 174 g/mol. The topological polar surface area (TPSA) is 58.1 Å². The summed E-state index contributed by atoms with van der Waals surface area (Å²) in [6.07, 6.45) is 0. The van der Waals surface area contributed by atoms with Gasteiger partial charge in [0.25, 0.3) is 0 Å². The van der Waals surface area contributed by atoms with E-state index < -0.39 is 5.82 Å². The van der Waals surface area contributed by atoms with Crippen LogP contribution in [-0.2, 0) is 0 Å². The number of hydrogen-bond acceptors (Lipinski definition) is 2. The van der Waals surface area contributed by atoms with Crippen molar-refractivity contribution >= 4 is 17.3 Å². The second-order valence-corrected chi connectivity index (χ2v) is 2.11. The van der Waals surface area contributed by atoms with Gasteiger partial charge in [-0.3, -0.25) is 0 Å². The Morgan fingerprint density at radius 3 is 2.55 bits per heavy atom. The standard InChI is InChI=1S/C6H3ClFN2.H2O/c7-5-3-4(10-9)1-2-6(5)8;/h1-3H;1H2/q+1;/p-1. The average Bonchev–Trinajstić information content (AvgIpc) is 1.95. The highest BCUT2D eigenvalue weighted by Gasteiger charge is 2.07. The van der Waals surface area contributed by atoms with Gasteiger partial charge in [0, 0.05) is 6.07 Å². The van der Waals surface area contributed by atoms with E-state index in [2.05, 4.69) is 4.98 Å². The predicted octanol–water partition coefficient (Wildman–Crippen LogP) is 2.79. The normalized spacial score (nSPS) is 8.09. The predicted molar refractivity (Wildman–Crippen MR) is 38.1 cm³/mol. The fraction of sp³-hybridized carbons (Fsp3) is 0. The van der Waals surface area contributed by atoms with E-state index in [1.807, 2.05) is 0 Å². The van der Waals surface area contributed by atoms with Crippen molar-refractivity contribution in [2.45, 2.75) is 0 Å². The largest absolute Gasteiger partial charge is 0.870 e. The van der Waals surface area contributed by atoms with Gasteiger partial charge in [-0.05, 0) is 6.07 Å². The van der Waals surface area contributed by atoms with Crippen LogP contribution in [0.4, 0.5) is 10.1 Å². The summed E-state index contributed by atoms with van der Waals surface area (Å²) in [5.41, 5.74) is 0.242. The van der Waals surface area contributed by atoms with Gasteiger partial charge in [-0.15, -0.1) is 0 Å². The molecule has 1 N–H and O–H groups in total. The summed E-state index contributed by atoms with van der Waals surface area (Å²) in [5.74, 6) is -0.519. The summed E-state index contributed by atoms with van der Waals surface area (Å²) in [6, 6.07) is 3.69. The van der Waals surface area contributed by atoms with Gasteiger partial charge < -0.3 is 5.48 Å². The molecule has 1 aromatic carbocycles. The highest BCUT2D eigenvalue weighted by atomic mass is 35.5. The van der Waals surface area contributed by atoms with Gasteiger partial charge >= 0.3 is 5.69 Å². The molecule has 0 amide bonds. The van der Waals surface area contributed by atoms with Crippen LogP contribution >= 0.6 is 11.6 Å². The molecule has 0 aromatic heterocycles. The molecule has 0 saturated carbocycles. The summed E-state index contributed by atoms with van der Waals surface area (Å²) < 4.78 is 12.4. The van der Waals surface area contributed by atoms with Crippen LogP contribution in [-0.4, -0.2) is 5.48 Å². The minimum Gasteiger partial charge on any atom is -0.870 e. The molecule has 0 aliphatic rings. The molecule has 1 rings (SSSR count). The maximum atomic E-state index is 12.4. The Kier molecular flexibility index (Phi) is 3.45. The van der Waals surface area contributed by atoms with Crippen LogP contribution in [0.25, 0.3) is 4.98 Å².